The summed E-state index contributed by atoms with van der Waals surface area (Å²) in [6.45, 7) is 15.3. The number of ether oxygens (including phenoxy) is 1. The second-order valence-corrected chi connectivity index (χ2v) is 8.66. The molecule has 0 spiro atoms. The summed E-state index contributed by atoms with van der Waals surface area (Å²) in [4.78, 5) is 10.8. The Morgan fingerprint density at radius 2 is 1.73 bits per heavy atom. The lowest BCUT2D eigenvalue weighted by atomic mass is 9.82. The lowest BCUT2D eigenvalue weighted by Crippen LogP contribution is -2.17. The third kappa shape index (κ3) is 4.75. The highest BCUT2D eigenvalue weighted by Crippen LogP contribution is 2.49. The topological polar surface area (TPSA) is 26.3 Å². The number of rotatable bonds is 5. The average Bonchev–Trinajstić information content (AvgIpc) is 2.71. The molecule has 0 N–H and O–H groups in total. The van der Waals surface area contributed by atoms with Crippen LogP contribution in [0.5, 0.6) is 0 Å². The number of hydrogen-bond acceptors (Lipinski definition) is 2. The van der Waals surface area contributed by atoms with Crippen LogP contribution in [0, 0.1) is 0 Å². The molecule has 2 nitrogen and oxygen atoms in total. The minimum Gasteiger partial charge on any atom is -0.462 e. The van der Waals surface area contributed by atoms with Crippen LogP contribution in [-0.4, -0.2) is 12.6 Å². The van der Waals surface area contributed by atoms with Crippen LogP contribution in [0.15, 0.2) is 48.1 Å². The van der Waals surface area contributed by atoms with Crippen molar-refractivity contribution >= 4 is 11.5 Å². The van der Waals surface area contributed by atoms with Crippen LogP contribution >= 0.6 is 0 Å². The first kappa shape index (κ1) is 20.2. The van der Waals surface area contributed by atoms with Gasteiger partial charge in [-0.2, -0.15) is 0 Å². The normalized spacial score (nSPS) is 18.9. The third-order valence-electron chi connectivity index (χ3n) is 5.21. The molecule has 2 rings (SSSR count). The van der Waals surface area contributed by atoms with E-state index in [4.69, 9.17) is 4.74 Å². The third-order valence-corrected chi connectivity index (χ3v) is 5.21. The maximum atomic E-state index is 10.8. The second kappa shape index (κ2) is 7.65. The van der Waals surface area contributed by atoms with Gasteiger partial charge in [-0.15, -0.1) is 0 Å². The standard InChI is InChI=1S/C24H32O2/c1-17(13-14-26-19(3)25)9-8-10-18(2)20-11-12-21-22(15-20)24(6,7)16-23(21,4)5/h8-13,15H,14,16H2,1-7H3. The molecule has 0 heterocycles. The largest absolute Gasteiger partial charge is 0.462 e. The molecule has 0 atom stereocenters. The lowest BCUT2D eigenvalue weighted by Gasteiger charge is -2.22. The van der Waals surface area contributed by atoms with E-state index in [-0.39, 0.29) is 16.8 Å². The lowest BCUT2D eigenvalue weighted by molar-refractivity contribution is -0.139. The van der Waals surface area contributed by atoms with E-state index in [1.165, 1.54) is 35.6 Å². The van der Waals surface area contributed by atoms with E-state index >= 15 is 0 Å². The van der Waals surface area contributed by atoms with Crippen LogP contribution in [0.1, 0.15) is 71.6 Å². The molecule has 140 valence electrons. The summed E-state index contributed by atoms with van der Waals surface area (Å²) in [6, 6.07) is 6.92. The van der Waals surface area contributed by atoms with Crippen LogP contribution in [0.4, 0.5) is 0 Å². The van der Waals surface area contributed by atoms with Gasteiger partial charge in [0.1, 0.15) is 6.61 Å². The van der Waals surface area contributed by atoms with E-state index in [9.17, 15) is 4.79 Å². The molecule has 1 aromatic carbocycles. The van der Waals surface area contributed by atoms with E-state index < -0.39 is 0 Å². The summed E-state index contributed by atoms with van der Waals surface area (Å²) >= 11 is 0. The van der Waals surface area contributed by atoms with Crippen LogP contribution in [0.3, 0.4) is 0 Å². The number of carbonyl (C=O) groups is 1. The van der Waals surface area contributed by atoms with Crippen LogP contribution < -0.4 is 0 Å². The molecule has 0 fully saturated rings. The molecule has 0 saturated carbocycles. The number of esters is 1. The van der Waals surface area contributed by atoms with Crippen molar-refractivity contribution in [1.82, 2.24) is 0 Å². The first-order valence-corrected chi connectivity index (χ1v) is 9.33. The van der Waals surface area contributed by atoms with Crippen molar-refractivity contribution in [2.24, 2.45) is 0 Å². The molecular formula is C24H32O2. The smallest absolute Gasteiger partial charge is 0.302 e. The van der Waals surface area contributed by atoms with Gasteiger partial charge in [-0.05, 0) is 59.4 Å². The molecule has 0 saturated heterocycles. The quantitative estimate of drug-likeness (QED) is 0.472. The fourth-order valence-corrected chi connectivity index (χ4v) is 4.03. The van der Waals surface area contributed by atoms with Gasteiger partial charge < -0.3 is 4.74 Å². The molecular weight excluding hydrogens is 320 g/mol. The molecule has 1 aromatic rings. The Morgan fingerprint density at radius 3 is 2.38 bits per heavy atom. The van der Waals surface area contributed by atoms with Gasteiger partial charge in [0.25, 0.3) is 0 Å². The highest BCUT2D eigenvalue weighted by Gasteiger charge is 2.41. The van der Waals surface area contributed by atoms with Crippen LogP contribution in [0.2, 0.25) is 0 Å². The Bertz CT molecular complexity index is 773. The van der Waals surface area contributed by atoms with Gasteiger partial charge in [-0.1, -0.05) is 69.7 Å². The van der Waals surface area contributed by atoms with Crippen molar-refractivity contribution in [3.63, 3.8) is 0 Å². The van der Waals surface area contributed by atoms with Gasteiger partial charge in [0.05, 0.1) is 0 Å². The van der Waals surface area contributed by atoms with Gasteiger partial charge in [0, 0.05) is 6.92 Å². The molecule has 1 aliphatic rings. The number of benzene rings is 1. The van der Waals surface area contributed by atoms with Crippen molar-refractivity contribution < 1.29 is 9.53 Å². The minimum atomic E-state index is -0.253. The average molecular weight is 353 g/mol. The van der Waals surface area contributed by atoms with E-state index in [2.05, 4.69) is 65.0 Å². The maximum Gasteiger partial charge on any atom is 0.302 e. The Kier molecular flexibility index (Phi) is 5.95. The zero-order chi connectivity index (χ0) is 19.5. The summed E-state index contributed by atoms with van der Waals surface area (Å²) in [5, 5.41) is 0. The molecule has 0 unspecified atom stereocenters. The molecule has 0 aromatic heterocycles. The molecule has 0 aliphatic heterocycles. The van der Waals surface area contributed by atoms with E-state index in [1.807, 2.05) is 19.1 Å². The second-order valence-electron chi connectivity index (χ2n) is 8.66. The minimum absolute atomic E-state index is 0.223. The van der Waals surface area contributed by atoms with Crippen molar-refractivity contribution in [1.29, 1.82) is 0 Å². The Balaban J connectivity index is 2.16. The predicted molar refractivity (Wildman–Crippen MR) is 110 cm³/mol. The highest BCUT2D eigenvalue weighted by molar-refractivity contribution is 5.68. The van der Waals surface area contributed by atoms with Gasteiger partial charge in [0.2, 0.25) is 0 Å². The van der Waals surface area contributed by atoms with Gasteiger partial charge in [0.15, 0.2) is 0 Å². The van der Waals surface area contributed by atoms with Crippen molar-refractivity contribution in [3.05, 3.63) is 64.8 Å². The molecule has 1 aliphatic carbocycles. The van der Waals surface area contributed by atoms with Crippen LogP contribution in [0.25, 0.3) is 5.57 Å². The summed E-state index contributed by atoms with van der Waals surface area (Å²) in [5.74, 6) is -0.253. The number of carbonyl (C=O) groups excluding carboxylic acids is 1. The van der Waals surface area contributed by atoms with Crippen molar-refractivity contribution in [3.8, 4) is 0 Å². The van der Waals surface area contributed by atoms with Gasteiger partial charge >= 0.3 is 5.97 Å². The zero-order valence-corrected chi connectivity index (χ0v) is 17.3. The fraction of sp³-hybridized carbons (Fsp3) is 0.458. The molecule has 0 radical (unpaired) electrons. The van der Waals surface area contributed by atoms with Gasteiger partial charge in [-0.25, -0.2) is 0 Å². The monoisotopic (exact) mass is 352 g/mol. The molecule has 26 heavy (non-hydrogen) atoms. The summed E-state index contributed by atoms with van der Waals surface area (Å²) in [7, 11) is 0. The Hall–Kier alpha value is -2.09. The van der Waals surface area contributed by atoms with Crippen LogP contribution in [-0.2, 0) is 20.4 Å². The first-order valence-electron chi connectivity index (χ1n) is 9.33. The Morgan fingerprint density at radius 1 is 1.08 bits per heavy atom. The van der Waals surface area contributed by atoms with Crippen molar-refractivity contribution in [2.45, 2.75) is 65.7 Å². The molecule has 2 heteroatoms. The number of allylic oxidation sites excluding steroid dienone is 5. The highest BCUT2D eigenvalue weighted by atomic mass is 16.5. The zero-order valence-electron chi connectivity index (χ0n) is 17.3. The van der Waals surface area contributed by atoms with E-state index in [0.717, 1.165) is 5.57 Å². The van der Waals surface area contributed by atoms with E-state index in [1.54, 1.807) is 0 Å². The fourth-order valence-electron chi connectivity index (χ4n) is 4.03. The first-order chi connectivity index (χ1) is 12.0. The maximum absolute atomic E-state index is 10.8. The summed E-state index contributed by atoms with van der Waals surface area (Å²) in [5.41, 5.74) is 7.04. The van der Waals surface area contributed by atoms with Gasteiger partial charge in [-0.3, -0.25) is 4.79 Å². The molecule has 0 bridgehead atoms. The van der Waals surface area contributed by atoms with E-state index in [0.29, 0.717) is 6.61 Å². The number of hydrogen-bond donors (Lipinski definition) is 0. The predicted octanol–water partition coefficient (Wildman–Crippen LogP) is 6.11. The number of fused-ring (bicyclic) bond motifs is 1. The van der Waals surface area contributed by atoms with Crippen molar-refractivity contribution in [2.75, 3.05) is 6.61 Å². The Labute approximate surface area is 158 Å². The SMILES string of the molecule is CC(=O)OCC=C(C)C=CC=C(C)c1ccc2c(c1)C(C)(C)CC2(C)C. The summed E-state index contributed by atoms with van der Waals surface area (Å²) < 4.78 is 4.92. The molecule has 0 amide bonds. The summed E-state index contributed by atoms with van der Waals surface area (Å²) in [6.07, 6.45) is 9.32.